The van der Waals surface area contributed by atoms with Gasteiger partial charge in [0.25, 0.3) is 0 Å². The van der Waals surface area contributed by atoms with Crippen molar-refractivity contribution in [3.8, 4) is 0 Å². The highest BCUT2D eigenvalue weighted by Gasteiger charge is 2.30. The van der Waals surface area contributed by atoms with Crippen molar-refractivity contribution in [1.82, 2.24) is 4.72 Å². The fourth-order valence-electron chi connectivity index (χ4n) is 2.70. The molecule has 5 nitrogen and oxygen atoms in total. The van der Waals surface area contributed by atoms with Gasteiger partial charge in [0.05, 0.1) is 10.6 Å². The van der Waals surface area contributed by atoms with Gasteiger partial charge in [0, 0.05) is 4.47 Å². The summed E-state index contributed by atoms with van der Waals surface area (Å²) in [6, 6.07) is 9.48. The molecule has 2 aromatic carbocycles. The molecule has 0 fully saturated rings. The van der Waals surface area contributed by atoms with Gasteiger partial charge in [-0.2, -0.15) is 4.72 Å². The standard InChI is InChI=1S/C21H27BrN2O3S/c1-6-14(3)20(24-28(26,27)17-9-7-13(2)8-10-17)21(25)23-19-12-16(5)15(4)11-18(19)22/h7-12,14,20,24H,6H2,1-5H3,(H,23,25)/t14-,20-/m0/s1. The maximum atomic E-state index is 13.0. The van der Waals surface area contributed by atoms with E-state index >= 15 is 0 Å². The van der Waals surface area contributed by atoms with Crippen LogP contribution >= 0.6 is 15.9 Å². The van der Waals surface area contributed by atoms with Crippen molar-refractivity contribution in [2.75, 3.05) is 5.32 Å². The maximum Gasteiger partial charge on any atom is 0.242 e. The fourth-order valence-corrected chi connectivity index (χ4v) is 4.56. The van der Waals surface area contributed by atoms with Gasteiger partial charge in [-0.3, -0.25) is 4.79 Å². The molecular weight excluding hydrogens is 440 g/mol. The molecule has 2 N–H and O–H groups in total. The van der Waals surface area contributed by atoms with E-state index in [1.165, 1.54) is 0 Å². The molecule has 7 heteroatoms. The molecule has 0 aliphatic heterocycles. The minimum absolute atomic E-state index is 0.145. The molecule has 0 saturated carbocycles. The van der Waals surface area contributed by atoms with Crippen molar-refractivity contribution >= 4 is 37.5 Å². The van der Waals surface area contributed by atoms with Crippen LogP contribution in [-0.4, -0.2) is 20.4 Å². The van der Waals surface area contributed by atoms with E-state index in [4.69, 9.17) is 0 Å². The summed E-state index contributed by atoms with van der Waals surface area (Å²) < 4.78 is 28.9. The molecule has 0 bridgehead atoms. The molecule has 2 rings (SSSR count). The smallest absolute Gasteiger partial charge is 0.242 e. The van der Waals surface area contributed by atoms with E-state index in [0.717, 1.165) is 21.2 Å². The van der Waals surface area contributed by atoms with Gasteiger partial charge >= 0.3 is 0 Å². The third kappa shape index (κ3) is 5.43. The lowest BCUT2D eigenvalue weighted by Crippen LogP contribution is -2.47. The van der Waals surface area contributed by atoms with E-state index in [2.05, 4.69) is 26.0 Å². The number of anilines is 1. The van der Waals surface area contributed by atoms with Crippen LogP contribution in [0.1, 0.15) is 37.0 Å². The molecule has 28 heavy (non-hydrogen) atoms. The second kappa shape index (κ2) is 9.20. The summed E-state index contributed by atoms with van der Waals surface area (Å²) in [7, 11) is -3.82. The molecule has 0 aliphatic rings. The SMILES string of the molecule is CC[C@H](C)[C@H](NS(=O)(=O)c1ccc(C)cc1)C(=O)Nc1cc(C)c(C)cc1Br. The minimum Gasteiger partial charge on any atom is -0.324 e. The summed E-state index contributed by atoms with van der Waals surface area (Å²) in [6.07, 6.45) is 0.655. The Bertz CT molecular complexity index is 956. The molecule has 0 unspecified atom stereocenters. The number of halogens is 1. The van der Waals surface area contributed by atoms with Gasteiger partial charge < -0.3 is 5.32 Å². The van der Waals surface area contributed by atoms with Crippen molar-refractivity contribution in [1.29, 1.82) is 0 Å². The number of carbonyl (C=O) groups excluding carboxylic acids is 1. The van der Waals surface area contributed by atoms with E-state index in [1.54, 1.807) is 24.3 Å². The Hall–Kier alpha value is -1.70. The van der Waals surface area contributed by atoms with Crippen molar-refractivity contribution in [2.45, 2.75) is 52.0 Å². The lowest BCUT2D eigenvalue weighted by molar-refractivity contribution is -0.118. The van der Waals surface area contributed by atoms with Crippen LogP contribution in [0, 0.1) is 26.7 Å². The lowest BCUT2D eigenvalue weighted by Gasteiger charge is -2.24. The van der Waals surface area contributed by atoms with Crippen LogP contribution in [0.5, 0.6) is 0 Å². The molecule has 0 aliphatic carbocycles. The van der Waals surface area contributed by atoms with Crippen LogP contribution in [0.4, 0.5) is 5.69 Å². The van der Waals surface area contributed by atoms with Crippen molar-refractivity contribution in [2.24, 2.45) is 5.92 Å². The molecule has 0 spiro atoms. The van der Waals surface area contributed by atoms with Crippen LogP contribution in [0.2, 0.25) is 0 Å². The number of carbonyl (C=O) groups is 1. The van der Waals surface area contributed by atoms with E-state index in [1.807, 2.05) is 46.8 Å². The molecule has 2 atom stereocenters. The van der Waals surface area contributed by atoms with Crippen LogP contribution < -0.4 is 10.0 Å². The van der Waals surface area contributed by atoms with Gasteiger partial charge in [0.2, 0.25) is 15.9 Å². The molecule has 152 valence electrons. The first kappa shape index (κ1) is 22.6. The molecule has 0 aromatic heterocycles. The second-order valence-corrected chi connectivity index (χ2v) is 9.77. The van der Waals surface area contributed by atoms with Crippen LogP contribution in [0.25, 0.3) is 0 Å². The Morgan fingerprint density at radius 3 is 2.21 bits per heavy atom. The van der Waals surface area contributed by atoms with Gasteiger partial charge in [-0.1, -0.05) is 38.0 Å². The van der Waals surface area contributed by atoms with E-state index < -0.39 is 16.1 Å². The van der Waals surface area contributed by atoms with Gasteiger partial charge in [0.1, 0.15) is 6.04 Å². The Balaban J connectivity index is 2.29. The summed E-state index contributed by atoms with van der Waals surface area (Å²) in [4.78, 5) is 13.1. The Labute approximate surface area is 176 Å². The zero-order chi connectivity index (χ0) is 21.1. The van der Waals surface area contributed by atoms with Gasteiger partial charge in [-0.15, -0.1) is 0 Å². The third-order valence-corrected chi connectivity index (χ3v) is 7.06. The number of rotatable bonds is 7. The first-order chi connectivity index (χ1) is 13.0. The van der Waals surface area contributed by atoms with Gasteiger partial charge in [-0.05, 0) is 78.0 Å². The number of hydrogen-bond acceptors (Lipinski definition) is 3. The van der Waals surface area contributed by atoms with E-state index in [0.29, 0.717) is 12.1 Å². The number of benzene rings is 2. The molecule has 0 radical (unpaired) electrons. The minimum atomic E-state index is -3.82. The summed E-state index contributed by atoms with van der Waals surface area (Å²) in [5.41, 5.74) is 3.73. The Kier molecular flexibility index (Phi) is 7.42. The predicted molar refractivity (Wildman–Crippen MR) is 117 cm³/mol. The molecular formula is C21H27BrN2O3S. The average Bonchev–Trinajstić information content (AvgIpc) is 2.63. The quantitative estimate of drug-likeness (QED) is 0.620. The van der Waals surface area contributed by atoms with Crippen molar-refractivity contribution in [3.05, 3.63) is 57.6 Å². The fraction of sp³-hybridized carbons (Fsp3) is 0.381. The van der Waals surface area contributed by atoms with Gasteiger partial charge in [-0.25, -0.2) is 8.42 Å². The zero-order valence-electron chi connectivity index (χ0n) is 16.8. The summed E-state index contributed by atoms with van der Waals surface area (Å²) >= 11 is 3.46. The first-order valence-electron chi connectivity index (χ1n) is 9.21. The second-order valence-electron chi connectivity index (χ2n) is 7.20. The highest BCUT2D eigenvalue weighted by molar-refractivity contribution is 9.10. The van der Waals surface area contributed by atoms with Crippen LogP contribution in [-0.2, 0) is 14.8 Å². The summed E-state index contributed by atoms with van der Waals surface area (Å²) in [6.45, 7) is 9.63. The zero-order valence-corrected chi connectivity index (χ0v) is 19.2. The lowest BCUT2D eigenvalue weighted by atomic mass is 9.99. The average molecular weight is 467 g/mol. The molecule has 0 saturated heterocycles. The third-order valence-electron chi connectivity index (χ3n) is 4.95. The maximum absolute atomic E-state index is 13.0. The number of hydrogen-bond donors (Lipinski definition) is 2. The predicted octanol–water partition coefficient (Wildman–Crippen LogP) is 4.71. The largest absolute Gasteiger partial charge is 0.324 e. The topological polar surface area (TPSA) is 75.3 Å². The van der Waals surface area contributed by atoms with Gasteiger partial charge in [0.15, 0.2) is 0 Å². The summed E-state index contributed by atoms with van der Waals surface area (Å²) in [5, 5.41) is 2.86. The monoisotopic (exact) mass is 466 g/mol. The Morgan fingerprint density at radius 2 is 1.64 bits per heavy atom. The highest BCUT2D eigenvalue weighted by Crippen LogP contribution is 2.27. The Morgan fingerprint density at radius 1 is 1.07 bits per heavy atom. The molecule has 1 amide bonds. The van der Waals surface area contributed by atoms with Crippen molar-refractivity contribution < 1.29 is 13.2 Å². The number of sulfonamides is 1. The highest BCUT2D eigenvalue weighted by atomic mass is 79.9. The first-order valence-corrected chi connectivity index (χ1v) is 11.5. The number of aryl methyl sites for hydroxylation is 3. The van der Waals surface area contributed by atoms with E-state index in [-0.39, 0.29) is 16.7 Å². The number of amides is 1. The summed E-state index contributed by atoms with van der Waals surface area (Å²) in [5.74, 6) is -0.556. The molecule has 0 heterocycles. The number of nitrogens with one attached hydrogen (secondary N) is 2. The normalized spacial score (nSPS) is 13.8. The van der Waals surface area contributed by atoms with Crippen LogP contribution in [0.3, 0.4) is 0 Å². The van der Waals surface area contributed by atoms with Crippen molar-refractivity contribution in [3.63, 3.8) is 0 Å². The van der Waals surface area contributed by atoms with E-state index in [9.17, 15) is 13.2 Å². The molecule has 2 aromatic rings. The van der Waals surface area contributed by atoms with Crippen LogP contribution in [0.15, 0.2) is 45.8 Å².